The molecule has 2 aromatic rings. The van der Waals surface area contributed by atoms with Crippen LogP contribution >= 0.6 is 31.9 Å². The Balaban J connectivity index is 2.58. The number of rotatable bonds is 2. The lowest BCUT2D eigenvalue weighted by atomic mass is 10.0. The number of benzene rings is 2. The van der Waals surface area contributed by atoms with Crippen LogP contribution in [-0.4, -0.2) is 11.1 Å². The third kappa shape index (κ3) is 2.58. The molecule has 0 fully saturated rings. The molecule has 1 N–H and O–H groups in total. The second kappa shape index (κ2) is 5.02. The van der Waals surface area contributed by atoms with Gasteiger partial charge in [0, 0.05) is 8.95 Å². The summed E-state index contributed by atoms with van der Waals surface area (Å²) in [5.74, 6) is -0.939. The van der Waals surface area contributed by atoms with Crippen LogP contribution in [0.2, 0.25) is 0 Å². The second-order valence-corrected chi connectivity index (χ2v) is 5.19. The molecule has 0 aliphatic carbocycles. The Morgan fingerprint density at radius 1 is 1.00 bits per heavy atom. The van der Waals surface area contributed by atoms with Crippen LogP contribution in [0.5, 0.6) is 0 Å². The monoisotopic (exact) mass is 354 g/mol. The van der Waals surface area contributed by atoms with Gasteiger partial charge in [-0.2, -0.15) is 0 Å². The third-order valence-electron chi connectivity index (χ3n) is 2.38. The Bertz CT molecular complexity index is 579. The lowest BCUT2D eigenvalue weighted by Gasteiger charge is -2.06. The van der Waals surface area contributed by atoms with Gasteiger partial charge in [-0.3, -0.25) is 0 Å². The Morgan fingerprint density at radius 3 is 2.35 bits per heavy atom. The maximum atomic E-state index is 11.0. The molecule has 0 spiro atoms. The Hall–Kier alpha value is -1.13. The van der Waals surface area contributed by atoms with Crippen molar-refractivity contribution in [3.8, 4) is 11.1 Å². The predicted octanol–water partition coefficient (Wildman–Crippen LogP) is 4.58. The summed E-state index contributed by atoms with van der Waals surface area (Å²) >= 11 is 6.68. The maximum Gasteiger partial charge on any atom is 0.336 e. The van der Waals surface area contributed by atoms with Crippen molar-refractivity contribution in [1.82, 2.24) is 0 Å². The van der Waals surface area contributed by atoms with Crippen LogP contribution in [0, 0.1) is 0 Å². The highest BCUT2D eigenvalue weighted by Crippen LogP contribution is 2.30. The first-order valence-corrected chi connectivity index (χ1v) is 6.46. The van der Waals surface area contributed by atoms with Crippen molar-refractivity contribution < 1.29 is 9.90 Å². The van der Waals surface area contributed by atoms with Crippen LogP contribution in [0.1, 0.15) is 10.4 Å². The van der Waals surface area contributed by atoms with Crippen molar-refractivity contribution in [1.29, 1.82) is 0 Å². The molecule has 2 rings (SSSR count). The molecule has 0 amide bonds. The van der Waals surface area contributed by atoms with E-state index >= 15 is 0 Å². The predicted molar refractivity (Wildman–Crippen MR) is 74.2 cm³/mol. The van der Waals surface area contributed by atoms with Crippen LogP contribution in [0.25, 0.3) is 11.1 Å². The summed E-state index contributed by atoms with van der Waals surface area (Å²) in [6.07, 6.45) is 0. The highest BCUT2D eigenvalue weighted by molar-refractivity contribution is 9.10. The topological polar surface area (TPSA) is 37.3 Å². The summed E-state index contributed by atoms with van der Waals surface area (Å²) < 4.78 is 1.53. The van der Waals surface area contributed by atoms with E-state index in [1.165, 1.54) is 0 Å². The summed E-state index contributed by atoms with van der Waals surface area (Å²) in [4.78, 5) is 11.0. The van der Waals surface area contributed by atoms with E-state index in [4.69, 9.17) is 5.11 Å². The zero-order valence-corrected chi connectivity index (χ0v) is 11.8. The molecule has 4 heteroatoms. The summed E-state index contributed by atoms with van der Waals surface area (Å²) in [7, 11) is 0. The van der Waals surface area contributed by atoms with Crippen molar-refractivity contribution in [2.45, 2.75) is 0 Å². The smallest absolute Gasteiger partial charge is 0.336 e. The fourth-order valence-electron chi connectivity index (χ4n) is 1.55. The summed E-state index contributed by atoms with van der Waals surface area (Å²) in [5, 5.41) is 9.06. The van der Waals surface area contributed by atoms with Gasteiger partial charge in [0.05, 0.1) is 5.56 Å². The molecule has 0 heterocycles. The number of halogens is 2. The zero-order chi connectivity index (χ0) is 12.4. The second-order valence-electron chi connectivity index (χ2n) is 3.48. The van der Waals surface area contributed by atoms with E-state index in [0.717, 1.165) is 15.6 Å². The van der Waals surface area contributed by atoms with Crippen molar-refractivity contribution in [3.63, 3.8) is 0 Å². The molecule has 2 aromatic carbocycles. The maximum absolute atomic E-state index is 11.0. The number of hydrogen-bond acceptors (Lipinski definition) is 1. The van der Waals surface area contributed by atoms with Gasteiger partial charge < -0.3 is 5.11 Å². The first-order chi connectivity index (χ1) is 8.09. The first-order valence-electron chi connectivity index (χ1n) is 4.87. The van der Waals surface area contributed by atoms with Crippen LogP contribution in [0.3, 0.4) is 0 Å². The van der Waals surface area contributed by atoms with Gasteiger partial charge in [0.1, 0.15) is 0 Å². The Kier molecular flexibility index (Phi) is 3.64. The van der Waals surface area contributed by atoms with Crippen molar-refractivity contribution in [2.24, 2.45) is 0 Å². The van der Waals surface area contributed by atoms with Gasteiger partial charge in [-0.1, -0.05) is 40.2 Å². The molecule has 0 saturated heterocycles. The van der Waals surface area contributed by atoms with E-state index in [-0.39, 0.29) is 5.56 Å². The zero-order valence-electron chi connectivity index (χ0n) is 8.65. The minimum absolute atomic E-state index is 0.262. The van der Waals surface area contributed by atoms with Crippen molar-refractivity contribution >= 4 is 37.8 Å². The van der Waals surface area contributed by atoms with Gasteiger partial charge in [-0.15, -0.1) is 0 Å². The first kappa shape index (κ1) is 12.3. The average Bonchev–Trinajstić information content (AvgIpc) is 2.30. The molecule has 0 aliphatic heterocycles. The number of aromatic carboxylic acids is 1. The van der Waals surface area contributed by atoms with E-state index in [1.807, 2.05) is 30.3 Å². The van der Waals surface area contributed by atoms with Gasteiger partial charge in [-0.25, -0.2) is 4.79 Å². The fourth-order valence-corrected chi connectivity index (χ4v) is 2.48. The lowest BCUT2D eigenvalue weighted by molar-refractivity contribution is 0.0696. The SMILES string of the molecule is O=C(O)c1cc(-c2ccccc2Br)ccc1Br. The number of carboxylic acids is 1. The molecule has 86 valence electrons. The molecular weight excluding hydrogens is 348 g/mol. The lowest BCUT2D eigenvalue weighted by Crippen LogP contribution is -1.97. The van der Waals surface area contributed by atoms with Crippen LogP contribution in [0.15, 0.2) is 51.4 Å². The number of hydrogen-bond donors (Lipinski definition) is 1. The Labute approximate surface area is 116 Å². The van der Waals surface area contributed by atoms with Crippen LogP contribution in [0.4, 0.5) is 0 Å². The van der Waals surface area contributed by atoms with E-state index in [2.05, 4.69) is 31.9 Å². The quantitative estimate of drug-likeness (QED) is 0.856. The summed E-state index contributed by atoms with van der Waals surface area (Å²) in [6.45, 7) is 0. The molecule has 0 unspecified atom stereocenters. The molecule has 0 aliphatic rings. The fraction of sp³-hybridized carbons (Fsp3) is 0. The van der Waals surface area contributed by atoms with Gasteiger partial charge in [0.2, 0.25) is 0 Å². The molecule has 0 aromatic heterocycles. The highest BCUT2D eigenvalue weighted by atomic mass is 79.9. The van der Waals surface area contributed by atoms with E-state index in [0.29, 0.717) is 4.47 Å². The molecular formula is C13H8Br2O2. The molecule has 17 heavy (non-hydrogen) atoms. The minimum Gasteiger partial charge on any atom is -0.478 e. The Morgan fingerprint density at radius 2 is 1.71 bits per heavy atom. The van der Waals surface area contributed by atoms with E-state index in [9.17, 15) is 4.79 Å². The van der Waals surface area contributed by atoms with E-state index in [1.54, 1.807) is 12.1 Å². The van der Waals surface area contributed by atoms with Gasteiger partial charge in [0.25, 0.3) is 0 Å². The summed E-state index contributed by atoms with van der Waals surface area (Å²) in [5.41, 5.74) is 2.11. The normalized spacial score (nSPS) is 10.2. The average molecular weight is 356 g/mol. The third-order valence-corrected chi connectivity index (χ3v) is 3.76. The molecule has 0 bridgehead atoms. The number of carbonyl (C=O) groups is 1. The molecule has 0 atom stereocenters. The molecule has 0 radical (unpaired) electrons. The molecule has 0 saturated carbocycles. The largest absolute Gasteiger partial charge is 0.478 e. The highest BCUT2D eigenvalue weighted by Gasteiger charge is 2.10. The standard InChI is InChI=1S/C13H8Br2O2/c14-11-4-2-1-3-9(11)8-5-6-12(15)10(7-8)13(16)17/h1-7H,(H,16,17). The van der Waals surface area contributed by atoms with Crippen molar-refractivity contribution in [3.05, 3.63) is 57.0 Å². The van der Waals surface area contributed by atoms with Gasteiger partial charge in [0.15, 0.2) is 0 Å². The van der Waals surface area contributed by atoms with E-state index < -0.39 is 5.97 Å². The van der Waals surface area contributed by atoms with Gasteiger partial charge >= 0.3 is 5.97 Å². The van der Waals surface area contributed by atoms with Crippen LogP contribution < -0.4 is 0 Å². The van der Waals surface area contributed by atoms with Crippen LogP contribution in [-0.2, 0) is 0 Å². The number of carboxylic acid groups (broad SMARTS) is 1. The minimum atomic E-state index is -0.939. The summed E-state index contributed by atoms with van der Waals surface area (Å²) in [6, 6.07) is 13.0. The van der Waals surface area contributed by atoms with Gasteiger partial charge in [-0.05, 0) is 45.3 Å². The molecule has 2 nitrogen and oxygen atoms in total. The van der Waals surface area contributed by atoms with Crippen molar-refractivity contribution in [2.75, 3.05) is 0 Å².